The van der Waals surface area contributed by atoms with E-state index in [0.717, 1.165) is 5.75 Å². The van der Waals surface area contributed by atoms with Gasteiger partial charge in [0.1, 0.15) is 0 Å². The fraction of sp³-hybridized carbons (Fsp3) is 0.625. The molecular formula is C16H25NS. The highest BCUT2D eigenvalue weighted by atomic mass is 32.2. The largest absolute Gasteiger partial charge is 0.327 e. The van der Waals surface area contributed by atoms with Gasteiger partial charge in [0.05, 0.1) is 0 Å². The van der Waals surface area contributed by atoms with Crippen LogP contribution in [0.5, 0.6) is 0 Å². The van der Waals surface area contributed by atoms with Crippen molar-refractivity contribution in [3.63, 3.8) is 0 Å². The molecule has 100 valence electrons. The predicted molar refractivity (Wildman–Crippen MR) is 81.9 cm³/mol. The lowest BCUT2D eigenvalue weighted by molar-refractivity contribution is 0.463. The highest BCUT2D eigenvalue weighted by molar-refractivity contribution is 7.99. The molecule has 1 aromatic carbocycles. The van der Waals surface area contributed by atoms with Crippen molar-refractivity contribution in [2.24, 2.45) is 5.73 Å². The molecule has 0 saturated heterocycles. The van der Waals surface area contributed by atoms with Crippen molar-refractivity contribution in [3.05, 3.63) is 35.4 Å². The first-order chi connectivity index (χ1) is 8.77. The zero-order valence-electron chi connectivity index (χ0n) is 11.4. The molecule has 0 heterocycles. The third kappa shape index (κ3) is 4.03. The van der Waals surface area contributed by atoms with Crippen molar-refractivity contribution >= 4 is 11.8 Å². The summed E-state index contributed by atoms with van der Waals surface area (Å²) in [5.41, 5.74) is 9.21. The van der Waals surface area contributed by atoms with Crippen LogP contribution in [0.4, 0.5) is 0 Å². The molecule has 1 aliphatic rings. The van der Waals surface area contributed by atoms with Gasteiger partial charge < -0.3 is 5.73 Å². The maximum atomic E-state index is 6.33. The molecule has 0 aliphatic heterocycles. The van der Waals surface area contributed by atoms with Crippen molar-refractivity contribution in [1.82, 2.24) is 0 Å². The minimum Gasteiger partial charge on any atom is -0.327 e. The van der Waals surface area contributed by atoms with Crippen LogP contribution in [0.15, 0.2) is 24.3 Å². The van der Waals surface area contributed by atoms with Crippen molar-refractivity contribution < 1.29 is 0 Å². The second-order valence-electron chi connectivity index (χ2n) is 5.43. The second-order valence-corrected chi connectivity index (χ2v) is 6.66. The van der Waals surface area contributed by atoms with Gasteiger partial charge in [0.2, 0.25) is 0 Å². The van der Waals surface area contributed by atoms with E-state index in [0.29, 0.717) is 11.3 Å². The number of thioether (sulfide) groups is 1. The Bertz CT molecular complexity index is 364. The fourth-order valence-corrected chi connectivity index (χ4v) is 4.09. The van der Waals surface area contributed by atoms with Gasteiger partial charge in [-0.1, -0.05) is 49.9 Å². The minimum absolute atomic E-state index is 0.402. The van der Waals surface area contributed by atoms with Crippen LogP contribution >= 0.6 is 11.8 Å². The van der Waals surface area contributed by atoms with E-state index in [1.54, 1.807) is 0 Å². The summed E-state index contributed by atoms with van der Waals surface area (Å²) in [7, 11) is 0. The van der Waals surface area contributed by atoms with E-state index in [1.807, 2.05) is 0 Å². The Morgan fingerprint density at radius 3 is 2.61 bits per heavy atom. The first kappa shape index (κ1) is 14.0. The Morgan fingerprint density at radius 1 is 1.11 bits per heavy atom. The molecule has 1 nitrogen and oxygen atoms in total. The molecule has 2 unspecified atom stereocenters. The number of benzene rings is 1. The molecule has 0 aromatic heterocycles. The highest BCUT2D eigenvalue weighted by Crippen LogP contribution is 2.29. The van der Waals surface area contributed by atoms with Crippen LogP contribution in [0, 0.1) is 6.92 Å². The van der Waals surface area contributed by atoms with E-state index in [4.69, 9.17) is 5.73 Å². The number of aryl methyl sites for hydroxylation is 1. The summed E-state index contributed by atoms with van der Waals surface area (Å²) in [6.07, 6.45) is 7.97. The molecule has 2 heteroatoms. The van der Waals surface area contributed by atoms with Gasteiger partial charge in [0, 0.05) is 17.0 Å². The van der Waals surface area contributed by atoms with E-state index < -0.39 is 0 Å². The van der Waals surface area contributed by atoms with Gasteiger partial charge in [0.15, 0.2) is 0 Å². The summed E-state index contributed by atoms with van der Waals surface area (Å²) < 4.78 is 0. The third-order valence-electron chi connectivity index (χ3n) is 3.97. The van der Waals surface area contributed by atoms with Crippen molar-refractivity contribution in [1.29, 1.82) is 0 Å². The molecule has 1 fully saturated rings. The lowest BCUT2D eigenvalue weighted by Crippen LogP contribution is -2.33. The van der Waals surface area contributed by atoms with Crippen molar-refractivity contribution in [2.45, 2.75) is 62.5 Å². The average molecular weight is 263 g/mol. The monoisotopic (exact) mass is 263 g/mol. The van der Waals surface area contributed by atoms with E-state index in [1.165, 1.54) is 49.7 Å². The normalized spacial score (nSPS) is 25.4. The Balaban J connectivity index is 1.89. The molecule has 0 radical (unpaired) electrons. The molecule has 1 aromatic rings. The van der Waals surface area contributed by atoms with Crippen molar-refractivity contribution in [2.75, 3.05) is 0 Å². The van der Waals surface area contributed by atoms with E-state index in [9.17, 15) is 0 Å². The Labute approximate surface area is 116 Å². The summed E-state index contributed by atoms with van der Waals surface area (Å²) in [5.74, 6) is 1.12. The topological polar surface area (TPSA) is 26.0 Å². The molecule has 2 atom stereocenters. The van der Waals surface area contributed by atoms with Gasteiger partial charge in [-0.3, -0.25) is 0 Å². The number of rotatable bonds is 3. The standard InChI is InChI=1S/C16H25NS/c1-13-8-6-7-9-14(13)12-18-16-11-5-3-2-4-10-15(16)17/h6-9,15-16H,2-5,10-12,17H2,1H3. The third-order valence-corrected chi connectivity index (χ3v) is 5.46. The SMILES string of the molecule is Cc1ccccc1CSC1CCCCCCC1N. The summed E-state index contributed by atoms with van der Waals surface area (Å²) in [6, 6.07) is 9.11. The van der Waals surface area contributed by atoms with Crippen LogP contribution in [0.25, 0.3) is 0 Å². The number of nitrogens with two attached hydrogens (primary N) is 1. The smallest absolute Gasteiger partial charge is 0.0202 e. The summed E-state index contributed by atoms with van der Waals surface area (Å²) >= 11 is 2.07. The van der Waals surface area contributed by atoms with E-state index >= 15 is 0 Å². The zero-order valence-corrected chi connectivity index (χ0v) is 12.2. The minimum atomic E-state index is 0.402. The molecule has 0 spiro atoms. The Morgan fingerprint density at radius 2 is 1.83 bits per heavy atom. The quantitative estimate of drug-likeness (QED) is 0.881. The second kappa shape index (κ2) is 7.20. The fourth-order valence-electron chi connectivity index (χ4n) is 2.65. The lowest BCUT2D eigenvalue weighted by atomic mass is 9.97. The van der Waals surface area contributed by atoms with Crippen LogP contribution in [0.2, 0.25) is 0 Å². The van der Waals surface area contributed by atoms with Gasteiger partial charge in [-0.05, 0) is 30.9 Å². The van der Waals surface area contributed by atoms with Gasteiger partial charge in [0.25, 0.3) is 0 Å². The van der Waals surface area contributed by atoms with Gasteiger partial charge in [-0.15, -0.1) is 0 Å². The van der Waals surface area contributed by atoms with Crippen LogP contribution in [-0.4, -0.2) is 11.3 Å². The summed E-state index contributed by atoms with van der Waals surface area (Å²) in [4.78, 5) is 0. The molecule has 0 amide bonds. The van der Waals surface area contributed by atoms with Crippen LogP contribution in [0.3, 0.4) is 0 Å². The first-order valence-electron chi connectivity index (χ1n) is 7.19. The Kier molecular flexibility index (Phi) is 5.58. The molecule has 1 saturated carbocycles. The molecule has 2 rings (SSSR count). The summed E-state index contributed by atoms with van der Waals surface area (Å²) in [6.45, 7) is 2.20. The number of hydrogen-bond acceptors (Lipinski definition) is 2. The molecule has 18 heavy (non-hydrogen) atoms. The summed E-state index contributed by atoms with van der Waals surface area (Å²) in [5, 5.41) is 0.657. The van der Waals surface area contributed by atoms with E-state index in [2.05, 4.69) is 43.0 Å². The average Bonchev–Trinajstić information content (AvgIpc) is 2.35. The highest BCUT2D eigenvalue weighted by Gasteiger charge is 2.19. The first-order valence-corrected chi connectivity index (χ1v) is 8.24. The van der Waals surface area contributed by atoms with Gasteiger partial charge in [-0.2, -0.15) is 11.8 Å². The van der Waals surface area contributed by atoms with Crippen LogP contribution < -0.4 is 5.73 Å². The zero-order chi connectivity index (χ0) is 12.8. The lowest BCUT2D eigenvalue weighted by Gasteiger charge is -2.26. The molecule has 0 bridgehead atoms. The van der Waals surface area contributed by atoms with Gasteiger partial charge >= 0.3 is 0 Å². The van der Waals surface area contributed by atoms with Crippen molar-refractivity contribution in [3.8, 4) is 0 Å². The molecular weight excluding hydrogens is 238 g/mol. The van der Waals surface area contributed by atoms with Gasteiger partial charge in [-0.25, -0.2) is 0 Å². The van der Waals surface area contributed by atoms with Crippen LogP contribution in [-0.2, 0) is 5.75 Å². The Hall–Kier alpha value is -0.470. The number of hydrogen-bond donors (Lipinski definition) is 1. The van der Waals surface area contributed by atoms with E-state index in [-0.39, 0.29) is 0 Å². The molecule has 1 aliphatic carbocycles. The maximum absolute atomic E-state index is 6.33. The van der Waals surface area contributed by atoms with Crippen LogP contribution in [0.1, 0.15) is 49.7 Å². The maximum Gasteiger partial charge on any atom is 0.0202 e. The predicted octanol–water partition coefficient (Wildman–Crippen LogP) is 4.28. The molecule has 2 N–H and O–H groups in total.